The third kappa shape index (κ3) is 5.48. The van der Waals surface area contributed by atoms with Crippen LogP contribution < -0.4 is 10.2 Å². The minimum atomic E-state index is -0.741. The number of aromatic nitrogens is 3. The van der Waals surface area contributed by atoms with Crippen LogP contribution in [0.2, 0.25) is 5.02 Å². The number of hydrogen-bond acceptors (Lipinski definition) is 6. The predicted molar refractivity (Wildman–Crippen MR) is 142 cm³/mol. The predicted octanol–water partition coefficient (Wildman–Crippen LogP) is 3.06. The Morgan fingerprint density at radius 2 is 1.95 bits per heavy atom. The Bertz CT molecular complexity index is 1170. The van der Waals surface area contributed by atoms with Gasteiger partial charge in [-0.15, -0.1) is 5.10 Å². The van der Waals surface area contributed by atoms with Crippen LogP contribution in [-0.4, -0.2) is 74.6 Å². The average molecular weight is 529 g/mol. The van der Waals surface area contributed by atoms with Crippen molar-refractivity contribution in [1.82, 2.24) is 25.2 Å². The van der Waals surface area contributed by atoms with Crippen molar-refractivity contribution < 1.29 is 14.7 Å². The Hall–Kier alpha value is -2.65. The van der Waals surface area contributed by atoms with Crippen molar-refractivity contribution in [2.75, 3.05) is 24.5 Å². The first-order valence-electron chi connectivity index (χ1n) is 13.2. The molecule has 10 heteroatoms. The molecule has 3 fully saturated rings. The number of aryl methyl sites for hydroxylation is 1. The van der Waals surface area contributed by atoms with Crippen LogP contribution in [0.4, 0.5) is 5.69 Å². The SMILES string of the molecule is Cc1cc(N2CCC(NC(=O)C3CC(O)CN3C(=O)C(n3cc(C4CC4)nn3)C(C)(C)C)C2)ccc1Cl. The molecule has 0 spiro atoms. The molecule has 0 radical (unpaired) electrons. The molecule has 37 heavy (non-hydrogen) atoms. The number of hydrogen-bond donors (Lipinski definition) is 2. The summed E-state index contributed by atoms with van der Waals surface area (Å²) < 4.78 is 1.65. The highest BCUT2D eigenvalue weighted by Gasteiger charge is 2.46. The lowest BCUT2D eigenvalue weighted by Crippen LogP contribution is -2.52. The van der Waals surface area contributed by atoms with Crippen molar-refractivity contribution >= 4 is 29.1 Å². The first-order valence-corrected chi connectivity index (χ1v) is 13.6. The maximum absolute atomic E-state index is 13.9. The number of carbonyl (C=O) groups is 2. The summed E-state index contributed by atoms with van der Waals surface area (Å²) in [6.07, 6.45) is 4.37. The topological polar surface area (TPSA) is 104 Å². The molecule has 3 aliphatic rings. The number of aliphatic hydroxyl groups is 1. The smallest absolute Gasteiger partial charge is 0.248 e. The Morgan fingerprint density at radius 1 is 1.19 bits per heavy atom. The second-order valence-electron chi connectivity index (χ2n) is 11.9. The maximum Gasteiger partial charge on any atom is 0.248 e. The van der Waals surface area contributed by atoms with Crippen LogP contribution in [0, 0.1) is 12.3 Å². The van der Waals surface area contributed by atoms with E-state index in [4.69, 9.17) is 11.6 Å². The number of rotatable bonds is 6. The van der Waals surface area contributed by atoms with Gasteiger partial charge in [-0.1, -0.05) is 37.6 Å². The molecule has 9 nitrogen and oxygen atoms in total. The van der Waals surface area contributed by atoms with E-state index in [-0.39, 0.29) is 30.8 Å². The zero-order valence-electron chi connectivity index (χ0n) is 22.0. The monoisotopic (exact) mass is 528 g/mol. The van der Waals surface area contributed by atoms with E-state index in [1.165, 1.54) is 0 Å². The van der Waals surface area contributed by atoms with Crippen molar-refractivity contribution in [3.63, 3.8) is 0 Å². The molecule has 4 atom stereocenters. The first kappa shape index (κ1) is 26.0. The quantitative estimate of drug-likeness (QED) is 0.597. The fraction of sp³-hybridized carbons (Fsp3) is 0.630. The fourth-order valence-electron chi connectivity index (χ4n) is 5.56. The van der Waals surface area contributed by atoms with Gasteiger partial charge in [0, 0.05) is 54.9 Å². The van der Waals surface area contributed by atoms with Gasteiger partial charge in [0.15, 0.2) is 0 Å². The summed E-state index contributed by atoms with van der Waals surface area (Å²) in [5.41, 5.74) is 2.56. The third-order valence-electron chi connectivity index (χ3n) is 7.75. The Balaban J connectivity index is 1.28. The van der Waals surface area contributed by atoms with Gasteiger partial charge in [-0.3, -0.25) is 9.59 Å². The summed E-state index contributed by atoms with van der Waals surface area (Å²) in [5.74, 6) is 0.00876. The van der Waals surface area contributed by atoms with Crippen LogP contribution in [-0.2, 0) is 9.59 Å². The molecule has 3 heterocycles. The molecule has 200 valence electrons. The molecule has 1 aromatic carbocycles. The van der Waals surface area contributed by atoms with Gasteiger partial charge < -0.3 is 20.2 Å². The van der Waals surface area contributed by atoms with Gasteiger partial charge in [0.05, 0.1) is 11.8 Å². The highest BCUT2D eigenvalue weighted by molar-refractivity contribution is 6.31. The van der Waals surface area contributed by atoms with Crippen molar-refractivity contribution in [2.24, 2.45) is 5.41 Å². The van der Waals surface area contributed by atoms with Gasteiger partial charge >= 0.3 is 0 Å². The van der Waals surface area contributed by atoms with Gasteiger partial charge in [0.2, 0.25) is 11.8 Å². The molecular formula is C27H37ClN6O3. The zero-order chi connectivity index (χ0) is 26.5. The second kappa shape index (κ2) is 9.91. The highest BCUT2D eigenvalue weighted by atomic mass is 35.5. The summed E-state index contributed by atoms with van der Waals surface area (Å²) in [4.78, 5) is 31.1. The normalized spacial score (nSPS) is 25.0. The fourth-order valence-corrected chi connectivity index (χ4v) is 5.68. The standard InChI is InChI=1S/C27H37ClN6O3/c1-16-11-19(7-8-21(16)28)32-10-9-18(13-32)29-25(36)23-12-20(35)14-33(23)26(37)24(27(2,3)4)34-15-22(30-31-34)17-5-6-17/h7-8,11,15,17-18,20,23-24,35H,5-6,9-10,12-14H2,1-4H3,(H,29,36). The van der Waals surface area contributed by atoms with Crippen molar-refractivity contribution in [3.8, 4) is 0 Å². The summed E-state index contributed by atoms with van der Waals surface area (Å²) in [6.45, 7) is 9.58. The summed E-state index contributed by atoms with van der Waals surface area (Å²) in [6, 6.07) is 4.59. The van der Waals surface area contributed by atoms with Crippen molar-refractivity contribution in [2.45, 2.75) is 83.5 Å². The van der Waals surface area contributed by atoms with Gasteiger partial charge in [-0.25, -0.2) is 4.68 Å². The molecule has 2 aliphatic heterocycles. The van der Waals surface area contributed by atoms with E-state index in [9.17, 15) is 14.7 Å². The van der Waals surface area contributed by atoms with E-state index in [0.717, 1.165) is 47.8 Å². The van der Waals surface area contributed by atoms with Gasteiger partial charge in [0.25, 0.3) is 0 Å². The molecule has 2 N–H and O–H groups in total. The zero-order valence-corrected chi connectivity index (χ0v) is 22.8. The van der Waals surface area contributed by atoms with E-state index in [1.54, 1.807) is 9.58 Å². The molecule has 1 aliphatic carbocycles. The van der Waals surface area contributed by atoms with Crippen LogP contribution in [0.5, 0.6) is 0 Å². The average Bonchev–Trinajstić information content (AvgIpc) is 3.20. The minimum absolute atomic E-state index is 0.0343. The van der Waals surface area contributed by atoms with E-state index < -0.39 is 23.6 Å². The number of amides is 2. The number of likely N-dealkylation sites (tertiary alicyclic amines) is 1. The van der Waals surface area contributed by atoms with E-state index in [1.807, 2.05) is 46.0 Å². The Kier molecular flexibility index (Phi) is 6.96. The highest BCUT2D eigenvalue weighted by Crippen LogP contribution is 2.40. The summed E-state index contributed by atoms with van der Waals surface area (Å²) >= 11 is 6.18. The van der Waals surface area contributed by atoms with Gasteiger partial charge in [-0.05, 0) is 55.4 Å². The molecule has 2 aromatic rings. The number of β-amino-alcohol motifs (C(OH)–C–C–N with tert-alkyl or cyclic N) is 1. The molecule has 1 aromatic heterocycles. The largest absolute Gasteiger partial charge is 0.391 e. The number of carbonyl (C=O) groups excluding carboxylic acids is 2. The van der Waals surface area contributed by atoms with Crippen LogP contribution >= 0.6 is 11.6 Å². The van der Waals surface area contributed by atoms with Crippen LogP contribution in [0.25, 0.3) is 0 Å². The molecule has 4 unspecified atom stereocenters. The molecule has 5 rings (SSSR count). The lowest BCUT2D eigenvalue weighted by Gasteiger charge is -2.34. The van der Waals surface area contributed by atoms with E-state index >= 15 is 0 Å². The summed E-state index contributed by atoms with van der Waals surface area (Å²) in [7, 11) is 0. The minimum Gasteiger partial charge on any atom is -0.391 e. The number of aliphatic hydroxyl groups excluding tert-OH is 1. The van der Waals surface area contributed by atoms with Crippen molar-refractivity contribution in [3.05, 3.63) is 40.7 Å². The lowest BCUT2D eigenvalue weighted by atomic mass is 9.85. The number of benzene rings is 1. The third-order valence-corrected chi connectivity index (χ3v) is 8.17. The van der Waals surface area contributed by atoms with Crippen LogP contribution in [0.15, 0.2) is 24.4 Å². The van der Waals surface area contributed by atoms with E-state index in [0.29, 0.717) is 12.5 Å². The molecule has 2 amide bonds. The van der Waals surface area contributed by atoms with E-state index in [2.05, 4.69) is 26.6 Å². The number of halogens is 1. The number of nitrogens with zero attached hydrogens (tertiary/aromatic N) is 5. The molecule has 0 bridgehead atoms. The second-order valence-corrected chi connectivity index (χ2v) is 12.3. The first-order chi connectivity index (χ1) is 17.5. The Labute approximate surface area is 223 Å². The number of anilines is 1. The Morgan fingerprint density at radius 3 is 2.62 bits per heavy atom. The lowest BCUT2D eigenvalue weighted by molar-refractivity contribution is -0.144. The molecular weight excluding hydrogens is 492 g/mol. The summed E-state index contributed by atoms with van der Waals surface area (Å²) in [5, 5.41) is 23.0. The van der Waals surface area contributed by atoms with Crippen LogP contribution in [0.1, 0.15) is 69.7 Å². The van der Waals surface area contributed by atoms with Gasteiger partial charge in [0.1, 0.15) is 12.1 Å². The van der Waals surface area contributed by atoms with Gasteiger partial charge in [-0.2, -0.15) is 0 Å². The molecule has 2 saturated heterocycles. The van der Waals surface area contributed by atoms with Crippen molar-refractivity contribution in [1.29, 1.82) is 0 Å². The maximum atomic E-state index is 13.9. The number of nitrogens with one attached hydrogen (secondary N) is 1. The molecule has 1 saturated carbocycles. The van der Waals surface area contributed by atoms with Crippen LogP contribution in [0.3, 0.4) is 0 Å².